The van der Waals surface area contributed by atoms with E-state index in [4.69, 9.17) is 9.47 Å². The molecule has 2 aliphatic rings. The molecule has 100 valence electrons. The average molecular weight is 305 g/mol. The Hall–Kier alpha value is 0.439. The number of methoxy groups -OCH3 is 2. The average Bonchev–Trinajstić information content (AvgIpc) is 2.40. The summed E-state index contributed by atoms with van der Waals surface area (Å²) in [4.78, 5) is 1.70. The molecule has 2 aliphatic carbocycles. The minimum atomic E-state index is 0.545. The van der Waals surface area contributed by atoms with Gasteiger partial charge in [-0.25, -0.2) is 0 Å². The van der Waals surface area contributed by atoms with Crippen LogP contribution in [0.4, 0.5) is 0 Å². The zero-order valence-electron chi connectivity index (χ0n) is 11.2. The monoisotopic (exact) mass is 306 g/mol. The van der Waals surface area contributed by atoms with Gasteiger partial charge in [0.1, 0.15) is 0 Å². The molecule has 0 radical (unpaired) electrons. The molecule has 3 heteroatoms. The molecule has 0 aromatic heterocycles. The minimum absolute atomic E-state index is 0.545. The summed E-state index contributed by atoms with van der Waals surface area (Å²) in [7, 11) is 3.79. The maximum absolute atomic E-state index is 5.69. The third-order valence-electron chi connectivity index (χ3n) is 4.24. The third kappa shape index (κ3) is 3.70. The predicted octanol–water partition coefficient (Wildman–Crippen LogP) is 3.45. The molecule has 0 amide bonds. The molecule has 0 heterocycles. The first-order valence-electron chi connectivity index (χ1n) is 7.06. The molecule has 0 N–H and O–H groups in total. The van der Waals surface area contributed by atoms with Gasteiger partial charge in [-0.1, -0.05) is 0 Å². The van der Waals surface area contributed by atoms with Crippen molar-refractivity contribution in [2.45, 2.75) is 73.2 Å². The fourth-order valence-corrected chi connectivity index (χ4v) is 7.19. The fraction of sp³-hybridized carbons (Fsp3) is 1.00. The summed E-state index contributed by atoms with van der Waals surface area (Å²) >= 11 is 0.711. The Labute approximate surface area is 112 Å². The SMILES string of the molecule is CO[C@H]1CCCC[C@@H]1[Se][C@@H]1CCCC[C@H]1OC. The van der Waals surface area contributed by atoms with Gasteiger partial charge in [-0.05, 0) is 0 Å². The van der Waals surface area contributed by atoms with Crippen LogP contribution in [0, 0.1) is 0 Å². The Balaban J connectivity index is 1.88. The van der Waals surface area contributed by atoms with Crippen LogP contribution in [0.1, 0.15) is 51.4 Å². The first kappa shape index (κ1) is 13.9. The zero-order chi connectivity index (χ0) is 12.1. The summed E-state index contributed by atoms with van der Waals surface area (Å²) in [6.45, 7) is 0. The molecule has 4 atom stereocenters. The van der Waals surface area contributed by atoms with Gasteiger partial charge < -0.3 is 0 Å². The van der Waals surface area contributed by atoms with Crippen molar-refractivity contribution in [3.05, 3.63) is 0 Å². The normalized spacial score (nSPS) is 39.2. The van der Waals surface area contributed by atoms with E-state index < -0.39 is 0 Å². The van der Waals surface area contributed by atoms with Gasteiger partial charge in [0.05, 0.1) is 0 Å². The number of ether oxygens (including phenoxy) is 2. The zero-order valence-corrected chi connectivity index (χ0v) is 12.9. The molecule has 0 aliphatic heterocycles. The van der Waals surface area contributed by atoms with Gasteiger partial charge in [0, 0.05) is 0 Å². The van der Waals surface area contributed by atoms with Crippen LogP contribution in [-0.4, -0.2) is 41.4 Å². The van der Waals surface area contributed by atoms with Gasteiger partial charge in [0.15, 0.2) is 0 Å². The molecule has 2 rings (SSSR count). The number of hydrogen-bond donors (Lipinski definition) is 0. The molecule has 0 bridgehead atoms. The second-order valence-corrected chi connectivity index (χ2v) is 8.44. The molecular weight excluding hydrogens is 279 g/mol. The molecule has 2 saturated carbocycles. The van der Waals surface area contributed by atoms with Crippen molar-refractivity contribution in [1.82, 2.24) is 0 Å². The quantitative estimate of drug-likeness (QED) is 0.741. The molecule has 0 saturated heterocycles. The molecule has 0 unspecified atom stereocenters. The van der Waals surface area contributed by atoms with Gasteiger partial charge in [0.2, 0.25) is 0 Å². The van der Waals surface area contributed by atoms with E-state index in [1.165, 1.54) is 51.4 Å². The summed E-state index contributed by atoms with van der Waals surface area (Å²) in [5.74, 6) is 0. The predicted molar refractivity (Wildman–Crippen MR) is 71.8 cm³/mol. The van der Waals surface area contributed by atoms with E-state index >= 15 is 0 Å². The van der Waals surface area contributed by atoms with E-state index in [-0.39, 0.29) is 0 Å². The van der Waals surface area contributed by atoms with E-state index in [0.717, 1.165) is 9.63 Å². The van der Waals surface area contributed by atoms with Crippen LogP contribution in [-0.2, 0) is 9.47 Å². The maximum atomic E-state index is 5.69. The van der Waals surface area contributed by atoms with E-state index in [1.54, 1.807) is 0 Å². The van der Waals surface area contributed by atoms with Crippen molar-refractivity contribution in [3.8, 4) is 0 Å². The Morgan fingerprint density at radius 3 is 1.53 bits per heavy atom. The summed E-state index contributed by atoms with van der Waals surface area (Å²) in [6, 6.07) is 0. The summed E-state index contributed by atoms with van der Waals surface area (Å²) in [5, 5.41) is 0. The van der Waals surface area contributed by atoms with Gasteiger partial charge in [-0.3, -0.25) is 0 Å². The van der Waals surface area contributed by atoms with E-state index in [2.05, 4.69) is 0 Å². The van der Waals surface area contributed by atoms with Gasteiger partial charge >= 0.3 is 112 Å². The first-order valence-corrected chi connectivity index (χ1v) is 9.04. The van der Waals surface area contributed by atoms with Crippen molar-refractivity contribution in [2.75, 3.05) is 14.2 Å². The Morgan fingerprint density at radius 2 is 1.12 bits per heavy atom. The van der Waals surface area contributed by atoms with Crippen molar-refractivity contribution >= 4 is 15.0 Å². The van der Waals surface area contributed by atoms with Gasteiger partial charge in [0.25, 0.3) is 0 Å². The van der Waals surface area contributed by atoms with Crippen LogP contribution >= 0.6 is 0 Å². The van der Waals surface area contributed by atoms with Crippen LogP contribution in [0.25, 0.3) is 0 Å². The number of hydrogen-bond acceptors (Lipinski definition) is 2. The molecule has 2 fully saturated rings. The van der Waals surface area contributed by atoms with Crippen molar-refractivity contribution < 1.29 is 9.47 Å². The third-order valence-corrected chi connectivity index (χ3v) is 7.97. The summed E-state index contributed by atoms with van der Waals surface area (Å²) < 4.78 is 11.4. The fourth-order valence-electron chi connectivity index (χ4n) is 3.20. The Bertz CT molecular complexity index is 200. The van der Waals surface area contributed by atoms with E-state index in [0.29, 0.717) is 27.2 Å². The molecule has 0 spiro atoms. The van der Waals surface area contributed by atoms with Crippen LogP contribution in [0.5, 0.6) is 0 Å². The van der Waals surface area contributed by atoms with Crippen molar-refractivity contribution in [2.24, 2.45) is 0 Å². The van der Waals surface area contributed by atoms with E-state index in [9.17, 15) is 0 Å². The molecule has 0 aromatic carbocycles. The summed E-state index contributed by atoms with van der Waals surface area (Å²) in [5.41, 5.74) is 0. The Morgan fingerprint density at radius 1 is 0.706 bits per heavy atom. The van der Waals surface area contributed by atoms with Crippen LogP contribution in [0.3, 0.4) is 0 Å². The van der Waals surface area contributed by atoms with Gasteiger partial charge in [-0.2, -0.15) is 0 Å². The summed E-state index contributed by atoms with van der Waals surface area (Å²) in [6.07, 6.45) is 12.0. The molecule has 0 aromatic rings. The molecule has 17 heavy (non-hydrogen) atoms. The first-order chi connectivity index (χ1) is 8.35. The topological polar surface area (TPSA) is 18.5 Å². The molecular formula is C14H26O2Se. The molecule has 2 nitrogen and oxygen atoms in total. The van der Waals surface area contributed by atoms with Gasteiger partial charge in [-0.15, -0.1) is 0 Å². The van der Waals surface area contributed by atoms with Crippen LogP contribution < -0.4 is 0 Å². The Kier molecular flexibility index (Phi) is 5.82. The second-order valence-electron chi connectivity index (χ2n) is 5.33. The van der Waals surface area contributed by atoms with Crippen LogP contribution in [0.15, 0.2) is 0 Å². The van der Waals surface area contributed by atoms with Crippen molar-refractivity contribution in [3.63, 3.8) is 0 Å². The number of rotatable bonds is 4. The standard InChI is InChI=1S/C14H26O2Se/c1-15-11-7-3-5-9-13(11)17-14-10-6-4-8-12(14)16-2/h11-14H,3-10H2,1-2H3/t11-,12+,13-,14+. The van der Waals surface area contributed by atoms with Crippen LogP contribution in [0.2, 0.25) is 9.63 Å². The van der Waals surface area contributed by atoms with E-state index in [1.807, 2.05) is 14.2 Å². The van der Waals surface area contributed by atoms with Crippen molar-refractivity contribution in [1.29, 1.82) is 0 Å². The second kappa shape index (κ2) is 7.13.